The Labute approximate surface area is 98.4 Å². The first-order valence-corrected chi connectivity index (χ1v) is 4.40. The molecule has 0 aromatic heterocycles. The molecule has 0 radical (unpaired) electrons. The van der Waals surface area contributed by atoms with Crippen LogP contribution >= 0.6 is 0 Å². The van der Waals surface area contributed by atoms with Gasteiger partial charge < -0.3 is 5.98 Å². The second-order valence-corrected chi connectivity index (χ2v) is 3.46. The fourth-order valence-electron chi connectivity index (χ4n) is 0.995. The Balaban J connectivity index is 0. The number of benzene rings is 1. The molecule has 1 N–H and O–H groups in total. The third-order valence-corrected chi connectivity index (χ3v) is 2.35. The van der Waals surface area contributed by atoms with Crippen LogP contribution in [-0.4, -0.2) is 8.76 Å². The molecule has 0 heterocycles. The SMILES string of the molecule is Cc1ccc(S(=O)O)c(C)c1.[H-].[Na+]. The van der Waals surface area contributed by atoms with Crippen LogP contribution < -0.4 is 29.6 Å². The van der Waals surface area contributed by atoms with Crippen LogP contribution in [0.4, 0.5) is 0 Å². The quantitative estimate of drug-likeness (QED) is 0.460. The molecule has 12 heavy (non-hydrogen) atoms. The topological polar surface area (TPSA) is 37.3 Å². The molecule has 0 aliphatic carbocycles. The minimum absolute atomic E-state index is 0. The first kappa shape index (κ1) is 12.3. The molecule has 0 aliphatic rings. The Morgan fingerprint density at radius 1 is 1.42 bits per heavy atom. The van der Waals surface area contributed by atoms with E-state index in [2.05, 4.69) is 0 Å². The predicted octanol–water partition coefficient (Wildman–Crippen LogP) is -0.999. The van der Waals surface area contributed by atoms with Gasteiger partial charge in [-0.15, -0.1) is 0 Å². The average Bonchev–Trinajstić information content (AvgIpc) is 1.85. The van der Waals surface area contributed by atoms with E-state index in [-0.39, 0.29) is 31.0 Å². The molecule has 1 atom stereocenters. The van der Waals surface area contributed by atoms with Crippen molar-refractivity contribution < 1.29 is 39.7 Å². The van der Waals surface area contributed by atoms with Crippen molar-refractivity contribution in [3.05, 3.63) is 29.3 Å². The van der Waals surface area contributed by atoms with Gasteiger partial charge in [0.25, 0.3) is 0 Å². The van der Waals surface area contributed by atoms with Gasteiger partial charge in [0.15, 0.2) is 11.1 Å². The number of hydrogen-bond acceptors (Lipinski definition) is 1. The molecule has 1 rings (SSSR count). The summed E-state index contributed by atoms with van der Waals surface area (Å²) in [7, 11) is 0. The van der Waals surface area contributed by atoms with E-state index in [1.54, 1.807) is 6.07 Å². The zero-order valence-electron chi connectivity index (χ0n) is 8.50. The predicted molar refractivity (Wildman–Crippen MR) is 46.1 cm³/mol. The third kappa shape index (κ3) is 2.99. The molecule has 0 amide bonds. The Bertz CT molecular complexity index is 304. The van der Waals surface area contributed by atoms with Gasteiger partial charge in [-0.05, 0) is 25.5 Å². The minimum atomic E-state index is -1.85. The van der Waals surface area contributed by atoms with Gasteiger partial charge in [0.1, 0.15) is 0 Å². The van der Waals surface area contributed by atoms with Gasteiger partial charge in [-0.3, -0.25) is 0 Å². The molecule has 0 saturated heterocycles. The Kier molecular flexibility index (Phi) is 5.29. The van der Waals surface area contributed by atoms with E-state index in [0.717, 1.165) is 11.1 Å². The summed E-state index contributed by atoms with van der Waals surface area (Å²) in [5.41, 5.74) is 1.97. The molecule has 1 unspecified atom stereocenters. The second kappa shape index (κ2) is 5.14. The van der Waals surface area contributed by atoms with Crippen molar-refractivity contribution in [2.24, 2.45) is 0 Å². The monoisotopic (exact) mass is 194 g/mol. The van der Waals surface area contributed by atoms with Crippen molar-refractivity contribution in [2.75, 3.05) is 0 Å². The Morgan fingerprint density at radius 3 is 2.42 bits per heavy atom. The molecular weight excluding hydrogens is 183 g/mol. The fraction of sp³-hybridized carbons (Fsp3) is 0.250. The van der Waals surface area contributed by atoms with Gasteiger partial charge in [0.05, 0.1) is 4.90 Å². The van der Waals surface area contributed by atoms with Crippen LogP contribution in [0.1, 0.15) is 12.6 Å². The van der Waals surface area contributed by atoms with Gasteiger partial charge in [-0.1, -0.05) is 17.7 Å². The maximum atomic E-state index is 10.6. The standard InChI is InChI=1S/C8H10O2S.Na.H/c1-6-3-4-8(11(9)10)7(2)5-6;;/h3-5H,1-2H3,(H,9,10);;/q;+1;-1. The zero-order valence-corrected chi connectivity index (χ0v) is 10.3. The molecular formula is C8H11NaO2S. The van der Waals surface area contributed by atoms with Crippen molar-refractivity contribution in [1.82, 2.24) is 0 Å². The summed E-state index contributed by atoms with van der Waals surface area (Å²) >= 11 is -1.85. The van der Waals surface area contributed by atoms with E-state index >= 15 is 0 Å². The number of rotatable bonds is 1. The normalized spacial score (nSPS) is 11.9. The van der Waals surface area contributed by atoms with E-state index < -0.39 is 11.1 Å². The Morgan fingerprint density at radius 2 is 2.00 bits per heavy atom. The molecule has 2 nitrogen and oxygen atoms in total. The molecule has 0 spiro atoms. The number of hydrogen-bond donors (Lipinski definition) is 1. The average molecular weight is 194 g/mol. The first-order valence-electron chi connectivity index (χ1n) is 3.29. The van der Waals surface area contributed by atoms with Crippen LogP contribution in [-0.2, 0) is 11.1 Å². The molecule has 4 heteroatoms. The minimum Gasteiger partial charge on any atom is -1.00 e. The van der Waals surface area contributed by atoms with E-state index in [1.165, 1.54) is 0 Å². The summed E-state index contributed by atoms with van der Waals surface area (Å²) in [5, 5.41) is 0. The maximum Gasteiger partial charge on any atom is 1.00 e. The van der Waals surface area contributed by atoms with Crippen LogP contribution in [0.5, 0.6) is 0 Å². The molecule has 0 fully saturated rings. The van der Waals surface area contributed by atoms with Gasteiger partial charge in [0.2, 0.25) is 0 Å². The summed E-state index contributed by atoms with van der Waals surface area (Å²) in [6.45, 7) is 3.79. The van der Waals surface area contributed by atoms with E-state index in [4.69, 9.17) is 4.55 Å². The van der Waals surface area contributed by atoms with E-state index in [0.29, 0.717) is 4.90 Å². The summed E-state index contributed by atoms with van der Waals surface area (Å²) in [6.07, 6.45) is 0. The number of aryl methyl sites for hydroxylation is 2. The largest absolute Gasteiger partial charge is 1.00 e. The van der Waals surface area contributed by atoms with Gasteiger partial charge in [-0.2, -0.15) is 0 Å². The van der Waals surface area contributed by atoms with Crippen molar-refractivity contribution in [1.29, 1.82) is 0 Å². The summed E-state index contributed by atoms with van der Waals surface area (Å²) in [6, 6.07) is 5.40. The van der Waals surface area contributed by atoms with Crippen molar-refractivity contribution in [3.63, 3.8) is 0 Å². The summed E-state index contributed by atoms with van der Waals surface area (Å²) < 4.78 is 19.4. The first-order chi connectivity index (χ1) is 5.11. The summed E-state index contributed by atoms with van der Waals surface area (Å²) in [5.74, 6) is 0. The maximum absolute atomic E-state index is 10.6. The molecule has 1 aromatic carbocycles. The van der Waals surface area contributed by atoms with Gasteiger partial charge >= 0.3 is 29.6 Å². The zero-order chi connectivity index (χ0) is 8.43. The molecule has 0 saturated carbocycles. The molecule has 0 bridgehead atoms. The third-order valence-electron chi connectivity index (χ3n) is 1.52. The molecule has 1 aromatic rings. The van der Waals surface area contributed by atoms with Crippen molar-refractivity contribution in [3.8, 4) is 0 Å². The smallest absolute Gasteiger partial charge is 1.00 e. The van der Waals surface area contributed by atoms with Crippen LogP contribution in [0, 0.1) is 13.8 Å². The van der Waals surface area contributed by atoms with Crippen LogP contribution in [0.25, 0.3) is 0 Å². The fourth-order valence-corrected chi connectivity index (χ4v) is 1.51. The van der Waals surface area contributed by atoms with Crippen LogP contribution in [0.3, 0.4) is 0 Å². The van der Waals surface area contributed by atoms with Crippen LogP contribution in [0.15, 0.2) is 23.1 Å². The van der Waals surface area contributed by atoms with Crippen molar-refractivity contribution >= 4 is 11.1 Å². The second-order valence-electron chi connectivity index (χ2n) is 2.52. The van der Waals surface area contributed by atoms with Crippen LogP contribution in [0.2, 0.25) is 0 Å². The molecule has 0 aliphatic heterocycles. The van der Waals surface area contributed by atoms with Gasteiger partial charge in [-0.25, -0.2) is 4.21 Å². The Hall–Kier alpha value is 0.330. The van der Waals surface area contributed by atoms with E-state index in [1.807, 2.05) is 26.0 Å². The van der Waals surface area contributed by atoms with Crippen molar-refractivity contribution in [2.45, 2.75) is 18.7 Å². The van der Waals surface area contributed by atoms with E-state index in [9.17, 15) is 4.21 Å². The van der Waals surface area contributed by atoms with Gasteiger partial charge in [0, 0.05) is 0 Å². The summed E-state index contributed by atoms with van der Waals surface area (Å²) in [4.78, 5) is 0.496. The molecule has 62 valence electrons.